The van der Waals surface area contributed by atoms with Crippen molar-refractivity contribution in [3.05, 3.63) is 60.2 Å². The van der Waals surface area contributed by atoms with Gasteiger partial charge in [0.25, 0.3) is 5.91 Å². The van der Waals surface area contributed by atoms with E-state index in [9.17, 15) is 14.7 Å². The Balaban J connectivity index is 1.53. The number of anilines is 1. The Bertz CT molecular complexity index is 753. The van der Waals surface area contributed by atoms with Crippen LogP contribution >= 0.6 is 0 Å². The number of rotatable bonds is 4. The van der Waals surface area contributed by atoms with E-state index in [-0.39, 0.29) is 11.7 Å². The molecule has 3 rings (SSSR count). The van der Waals surface area contributed by atoms with Crippen LogP contribution < -0.4 is 4.90 Å². The second kappa shape index (κ2) is 7.91. The molecule has 0 radical (unpaired) electrons. The zero-order valence-corrected chi connectivity index (χ0v) is 14.7. The van der Waals surface area contributed by atoms with Gasteiger partial charge in [-0.15, -0.1) is 0 Å². The molecule has 26 heavy (non-hydrogen) atoms. The SMILES string of the molecule is C[C@@H](OC(=O)c1ccc(O)cc1)C(=O)N1CCN(c2ccccc2)CC1. The summed E-state index contributed by atoms with van der Waals surface area (Å²) in [7, 11) is 0. The Morgan fingerprint density at radius 2 is 1.58 bits per heavy atom. The third-order valence-electron chi connectivity index (χ3n) is 4.45. The predicted octanol–water partition coefficient (Wildman–Crippen LogP) is 2.29. The lowest BCUT2D eigenvalue weighted by atomic mass is 10.2. The highest BCUT2D eigenvalue weighted by Gasteiger charge is 2.27. The minimum Gasteiger partial charge on any atom is -0.508 e. The van der Waals surface area contributed by atoms with Crippen molar-refractivity contribution in [3.63, 3.8) is 0 Å². The molecule has 6 heteroatoms. The molecular formula is C20H22N2O4. The van der Waals surface area contributed by atoms with Crippen LogP contribution in [-0.4, -0.2) is 54.2 Å². The molecule has 2 aromatic rings. The smallest absolute Gasteiger partial charge is 0.338 e. The van der Waals surface area contributed by atoms with E-state index >= 15 is 0 Å². The maximum absolute atomic E-state index is 12.6. The first-order chi connectivity index (χ1) is 12.5. The van der Waals surface area contributed by atoms with Gasteiger partial charge in [-0.3, -0.25) is 4.79 Å². The molecule has 1 aliphatic rings. The molecule has 2 aromatic carbocycles. The van der Waals surface area contributed by atoms with E-state index in [1.54, 1.807) is 11.8 Å². The van der Waals surface area contributed by atoms with Crippen LogP contribution in [0, 0.1) is 0 Å². The van der Waals surface area contributed by atoms with Crippen molar-refractivity contribution >= 4 is 17.6 Å². The zero-order chi connectivity index (χ0) is 18.5. The highest BCUT2D eigenvalue weighted by atomic mass is 16.5. The fourth-order valence-electron chi connectivity index (χ4n) is 2.96. The van der Waals surface area contributed by atoms with Gasteiger partial charge in [-0.25, -0.2) is 4.79 Å². The number of esters is 1. The molecule has 1 atom stereocenters. The van der Waals surface area contributed by atoms with Crippen LogP contribution in [0.15, 0.2) is 54.6 Å². The minimum atomic E-state index is -0.848. The fourth-order valence-corrected chi connectivity index (χ4v) is 2.96. The highest BCUT2D eigenvalue weighted by Crippen LogP contribution is 2.17. The van der Waals surface area contributed by atoms with Gasteiger partial charge < -0.3 is 19.6 Å². The summed E-state index contributed by atoms with van der Waals surface area (Å²) in [5, 5.41) is 9.27. The number of hydrogen-bond donors (Lipinski definition) is 1. The number of carbonyl (C=O) groups excluding carboxylic acids is 2. The summed E-state index contributed by atoms with van der Waals surface area (Å²) >= 11 is 0. The normalized spacial score (nSPS) is 15.4. The van der Waals surface area contributed by atoms with Crippen LogP contribution in [0.1, 0.15) is 17.3 Å². The summed E-state index contributed by atoms with van der Waals surface area (Å²) in [6, 6.07) is 15.8. The number of carbonyl (C=O) groups is 2. The van der Waals surface area contributed by atoms with Crippen molar-refractivity contribution in [2.45, 2.75) is 13.0 Å². The van der Waals surface area contributed by atoms with Crippen LogP contribution in [0.2, 0.25) is 0 Å². The minimum absolute atomic E-state index is 0.0713. The molecule has 6 nitrogen and oxygen atoms in total. The number of piperazine rings is 1. The van der Waals surface area contributed by atoms with Gasteiger partial charge >= 0.3 is 5.97 Å². The highest BCUT2D eigenvalue weighted by molar-refractivity contribution is 5.92. The molecule has 1 amide bonds. The summed E-state index contributed by atoms with van der Waals surface area (Å²) in [4.78, 5) is 28.6. The maximum atomic E-state index is 12.6. The average molecular weight is 354 g/mol. The van der Waals surface area contributed by atoms with Crippen LogP contribution in [0.3, 0.4) is 0 Å². The number of hydrogen-bond acceptors (Lipinski definition) is 5. The van der Waals surface area contributed by atoms with Crippen molar-refractivity contribution in [2.24, 2.45) is 0 Å². The Morgan fingerprint density at radius 1 is 0.962 bits per heavy atom. The van der Waals surface area contributed by atoms with Gasteiger partial charge in [0.2, 0.25) is 0 Å². The lowest BCUT2D eigenvalue weighted by Crippen LogP contribution is -2.51. The number of aromatic hydroxyl groups is 1. The summed E-state index contributed by atoms with van der Waals surface area (Å²) < 4.78 is 5.28. The molecular weight excluding hydrogens is 332 g/mol. The molecule has 0 bridgehead atoms. The van der Waals surface area contributed by atoms with Crippen molar-refractivity contribution in [3.8, 4) is 5.75 Å². The van der Waals surface area contributed by atoms with Crippen LogP contribution in [-0.2, 0) is 9.53 Å². The van der Waals surface area contributed by atoms with Crippen LogP contribution in [0.4, 0.5) is 5.69 Å². The lowest BCUT2D eigenvalue weighted by Gasteiger charge is -2.37. The number of phenolic OH excluding ortho intramolecular Hbond substituents is 1. The molecule has 1 fully saturated rings. The Hall–Kier alpha value is -3.02. The van der Waals surface area contributed by atoms with Crippen molar-refractivity contribution in [2.75, 3.05) is 31.1 Å². The molecule has 0 aliphatic carbocycles. The molecule has 1 saturated heterocycles. The summed E-state index contributed by atoms with van der Waals surface area (Å²) in [5.41, 5.74) is 1.45. The molecule has 1 heterocycles. The van der Waals surface area contributed by atoms with E-state index in [4.69, 9.17) is 4.74 Å². The van der Waals surface area contributed by atoms with Gasteiger partial charge in [-0.2, -0.15) is 0 Å². The second-order valence-corrected chi connectivity index (χ2v) is 6.24. The van der Waals surface area contributed by atoms with Gasteiger partial charge in [-0.1, -0.05) is 18.2 Å². The Morgan fingerprint density at radius 3 is 2.19 bits per heavy atom. The van der Waals surface area contributed by atoms with Crippen LogP contribution in [0.5, 0.6) is 5.75 Å². The van der Waals surface area contributed by atoms with Gasteiger partial charge in [0.1, 0.15) is 5.75 Å². The van der Waals surface area contributed by atoms with Gasteiger partial charge in [0.05, 0.1) is 5.56 Å². The largest absolute Gasteiger partial charge is 0.508 e. The quantitative estimate of drug-likeness (QED) is 0.853. The number of benzene rings is 2. The van der Waals surface area contributed by atoms with E-state index in [0.29, 0.717) is 18.7 Å². The summed E-state index contributed by atoms with van der Waals surface area (Å²) in [6.45, 7) is 4.26. The molecule has 136 valence electrons. The van der Waals surface area contributed by atoms with E-state index in [1.165, 1.54) is 24.3 Å². The monoisotopic (exact) mass is 354 g/mol. The zero-order valence-electron chi connectivity index (χ0n) is 14.7. The topological polar surface area (TPSA) is 70.1 Å². The number of nitrogens with zero attached hydrogens (tertiary/aromatic N) is 2. The number of amides is 1. The Kier molecular flexibility index (Phi) is 5.41. The summed E-state index contributed by atoms with van der Waals surface area (Å²) in [6.07, 6.45) is -0.848. The third-order valence-corrected chi connectivity index (χ3v) is 4.45. The predicted molar refractivity (Wildman–Crippen MR) is 98.2 cm³/mol. The molecule has 1 N–H and O–H groups in total. The van der Waals surface area contributed by atoms with E-state index in [0.717, 1.165) is 18.8 Å². The number of ether oxygens (including phenoxy) is 1. The molecule has 0 aromatic heterocycles. The first-order valence-electron chi connectivity index (χ1n) is 8.63. The van der Waals surface area contributed by atoms with Crippen molar-refractivity contribution < 1.29 is 19.4 Å². The average Bonchev–Trinajstić information content (AvgIpc) is 2.68. The van der Waals surface area contributed by atoms with E-state index in [1.807, 2.05) is 18.2 Å². The molecule has 0 saturated carbocycles. The second-order valence-electron chi connectivity index (χ2n) is 6.24. The van der Waals surface area contributed by atoms with Gasteiger partial charge in [0, 0.05) is 31.9 Å². The fraction of sp³-hybridized carbons (Fsp3) is 0.300. The van der Waals surface area contributed by atoms with Gasteiger partial charge in [-0.05, 0) is 43.3 Å². The first-order valence-corrected chi connectivity index (χ1v) is 8.63. The number of para-hydroxylation sites is 1. The van der Waals surface area contributed by atoms with Crippen molar-refractivity contribution in [1.29, 1.82) is 0 Å². The van der Waals surface area contributed by atoms with E-state index < -0.39 is 12.1 Å². The maximum Gasteiger partial charge on any atom is 0.338 e. The number of phenols is 1. The van der Waals surface area contributed by atoms with E-state index in [2.05, 4.69) is 17.0 Å². The summed E-state index contributed by atoms with van der Waals surface area (Å²) in [5.74, 6) is -0.694. The van der Waals surface area contributed by atoms with Gasteiger partial charge in [0.15, 0.2) is 6.10 Å². The molecule has 1 aliphatic heterocycles. The molecule has 0 unspecified atom stereocenters. The standard InChI is InChI=1S/C20H22N2O4/c1-15(26-20(25)16-7-9-18(23)10-8-16)19(24)22-13-11-21(12-14-22)17-5-3-2-4-6-17/h2-10,15,23H,11-14H2,1H3/t15-/m1/s1. The first kappa shape index (κ1) is 17.8. The third kappa shape index (κ3) is 4.14. The lowest BCUT2D eigenvalue weighted by molar-refractivity contribution is -0.140. The Labute approximate surface area is 152 Å². The van der Waals surface area contributed by atoms with Crippen molar-refractivity contribution in [1.82, 2.24) is 4.90 Å². The molecule has 0 spiro atoms. The van der Waals surface area contributed by atoms with Crippen LogP contribution in [0.25, 0.3) is 0 Å².